The van der Waals surface area contributed by atoms with Crippen molar-refractivity contribution in [3.8, 4) is 11.1 Å². The summed E-state index contributed by atoms with van der Waals surface area (Å²) >= 11 is 1.00. The molecule has 0 radical (unpaired) electrons. The van der Waals surface area contributed by atoms with Crippen molar-refractivity contribution in [3.63, 3.8) is 0 Å². The molecule has 2 aliphatic rings. The highest BCUT2D eigenvalue weighted by atomic mass is 32.1. The number of anilines is 1. The number of hydrogen-bond donors (Lipinski definition) is 2. The second kappa shape index (κ2) is 7.57. The Labute approximate surface area is 177 Å². The number of ether oxygens (including phenoxy) is 1. The van der Waals surface area contributed by atoms with Crippen LogP contribution >= 0.6 is 11.5 Å². The lowest BCUT2D eigenvalue weighted by atomic mass is 9.81. The summed E-state index contributed by atoms with van der Waals surface area (Å²) in [6.45, 7) is 0.177. The molecule has 7 heteroatoms. The highest BCUT2D eigenvalue weighted by molar-refractivity contribution is 7.11. The second-order valence-corrected chi connectivity index (χ2v) is 8.43. The van der Waals surface area contributed by atoms with Gasteiger partial charge in [0.15, 0.2) is 0 Å². The molecule has 0 saturated heterocycles. The molecule has 30 heavy (non-hydrogen) atoms. The molecule has 1 heterocycles. The lowest BCUT2D eigenvalue weighted by Crippen LogP contribution is -2.19. The van der Waals surface area contributed by atoms with Gasteiger partial charge in [-0.25, -0.2) is 9.59 Å². The van der Waals surface area contributed by atoms with E-state index in [-0.39, 0.29) is 29.0 Å². The van der Waals surface area contributed by atoms with Crippen molar-refractivity contribution >= 4 is 28.6 Å². The summed E-state index contributed by atoms with van der Waals surface area (Å²) in [5, 5.41) is 12.5. The summed E-state index contributed by atoms with van der Waals surface area (Å²) in [4.78, 5) is 24.2. The van der Waals surface area contributed by atoms with Gasteiger partial charge in [0.2, 0.25) is 0 Å². The van der Waals surface area contributed by atoms with Gasteiger partial charge in [0.25, 0.3) is 0 Å². The second-order valence-electron chi connectivity index (χ2n) is 7.66. The van der Waals surface area contributed by atoms with E-state index in [0.29, 0.717) is 5.69 Å². The largest absolute Gasteiger partial charge is 0.478 e. The van der Waals surface area contributed by atoms with E-state index in [2.05, 4.69) is 34.0 Å². The molecule has 1 fully saturated rings. The van der Waals surface area contributed by atoms with E-state index in [9.17, 15) is 14.7 Å². The zero-order chi connectivity index (χ0) is 20.7. The fourth-order valence-electron chi connectivity index (χ4n) is 4.28. The number of aromatic nitrogens is 1. The Kier molecular flexibility index (Phi) is 4.75. The van der Waals surface area contributed by atoms with Crippen molar-refractivity contribution in [3.05, 3.63) is 70.9 Å². The van der Waals surface area contributed by atoms with Crippen LogP contribution in [-0.4, -0.2) is 28.1 Å². The minimum Gasteiger partial charge on any atom is -0.478 e. The van der Waals surface area contributed by atoms with Gasteiger partial charge >= 0.3 is 12.1 Å². The number of benzene rings is 2. The molecule has 0 unspecified atom stereocenters. The fourth-order valence-corrected chi connectivity index (χ4v) is 5.12. The summed E-state index contributed by atoms with van der Waals surface area (Å²) in [5.74, 6) is -0.945. The molecule has 5 rings (SSSR count). The van der Waals surface area contributed by atoms with Crippen LogP contribution in [0, 0.1) is 0 Å². The van der Waals surface area contributed by atoms with E-state index < -0.39 is 12.1 Å². The quantitative estimate of drug-likeness (QED) is 0.571. The summed E-state index contributed by atoms with van der Waals surface area (Å²) in [6.07, 6.45) is 2.29. The van der Waals surface area contributed by atoms with Crippen molar-refractivity contribution in [1.82, 2.24) is 4.37 Å². The van der Waals surface area contributed by atoms with Crippen LogP contribution in [0.5, 0.6) is 0 Å². The lowest BCUT2D eigenvalue weighted by molar-refractivity contribution is 0.0695. The van der Waals surface area contributed by atoms with Gasteiger partial charge in [-0.15, -0.1) is 0 Å². The monoisotopic (exact) mass is 420 g/mol. The summed E-state index contributed by atoms with van der Waals surface area (Å²) in [6, 6.07) is 16.2. The molecule has 6 nitrogen and oxygen atoms in total. The number of carbonyl (C=O) groups excluding carboxylic acids is 1. The van der Waals surface area contributed by atoms with Crippen LogP contribution in [0.25, 0.3) is 11.1 Å². The summed E-state index contributed by atoms with van der Waals surface area (Å²) in [5.41, 5.74) is 5.24. The highest BCUT2D eigenvalue weighted by Gasteiger charge is 2.32. The van der Waals surface area contributed by atoms with Gasteiger partial charge in [0.1, 0.15) is 17.2 Å². The number of fused-ring (bicyclic) bond motifs is 3. The average Bonchev–Trinajstić information content (AvgIpc) is 3.24. The molecule has 1 amide bonds. The fraction of sp³-hybridized carbons (Fsp3) is 0.261. The van der Waals surface area contributed by atoms with Gasteiger partial charge in [0.05, 0.1) is 5.69 Å². The number of rotatable bonds is 5. The number of carbonyl (C=O) groups is 2. The van der Waals surface area contributed by atoms with Gasteiger partial charge in [-0.05, 0) is 46.6 Å². The van der Waals surface area contributed by atoms with Crippen LogP contribution in [0.2, 0.25) is 0 Å². The number of aromatic carboxylic acids is 1. The van der Waals surface area contributed by atoms with E-state index in [1.165, 1.54) is 0 Å². The normalized spacial score (nSPS) is 15.2. The first-order valence-electron chi connectivity index (χ1n) is 9.98. The van der Waals surface area contributed by atoms with Crippen molar-refractivity contribution < 1.29 is 19.4 Å². The first kappa shape index (κ1) is 18.8. The summed E-state index contributed by atoms with van der Waals surface area (Å²) in [7, 11) is 0. The van der Waals surface area contributed by atoms with E-state index in [1.807, 2.05) is 24.3 Å². The number of nitrogens with zero attached hydrogens (tertiary/aromatic N) is 1. The van der Waals surface area contributed by atoms with Crippen molar-refractivity contribution in [2.45, 2.75) is 31.1 Å². The predicted octanol–water partition coefficient (Wildman–Crippen LogP) is 5.47. The molecule has 3 aromatic rings. The molecule has 0 atom stereocenters. The Hall–Kier alpha value is -3.19. The van der Waals surface area contributed by atoms with Gasteiger partial charge < -0.3 is 9.84 Å². The summed E-state index contributed by atoms with van der Waals surface area (Å²) < 4.78 is 9.82. The van der Waals surface area contributed by atoms with Crippen molar-refractivity contribution in [1.29, 1.82) is 0 Å². The Morgan fingerprint density at radius 2 is 1.70 bits per heavy atom. The lowest BCUT2D eigenvalue weighted by Gasteiger charge is -2.23. The van der Waals surface area contributed by atoms with Gasteiger partial charge in [0, 0.05) is 11.8 Å². The Bertz CT molecular complexity index is 1090. The topological polar surface area (TPSA) is 88.5 Å². The molecule has 0 bridgehead atoms. The maximum absolute atomic E-state index is 12.5. The standard InChI is InChI=1S/C23H20N2O4S/c26-22(27)19-20(13-6-5-7-13)25-30-21(19)24-23(28)29-12-18-16-10-3-1-8-14(16)15-9-2-4-11-17(15)18/h1-4,8-11,13,18H,5-7,12H2,(H,24,28)(H,26,27). The van der Waals surface area contributed by atoms with Crippen LogP contribution in [0.3, 0.4) is 0 Å². The first-order valence-corrected chi connectivity index (χ1v) is 10.8. The van der Waals surface area contributed by atoms with Crippen LogP contribution in [-0.2, 0) is 4.74 Å². The third kappa shape index (κ3) is 3.15. The Morgan fingerprint density at radius 1 is 1.07 bits per heavy atom. The highest BCUT2D eigenvalue weighted by Crippen LogP contribution is 2.45. The van der Waals surface area contributed by atoms with Crippen LogP contribution in [0.15, 0.2) is 48.5 Å². The molecule has 1 saturated carbocycles. The van der Waals surface area contributed by atoms with E-state index in [1.54, 1.807) is 0 Å². The number of carboxylic acid groups (broad SMARTS) is 1. The van der Waals surface area contributed by atoms with E-state index in [4.69, 9.17) is 4.74 Å². The maximum atomic E-state index is 12.5. The minimum absolute atomic E-state index is 0.0471. The minimum atomic E-state index is -1.07. The molecule has 2 aromatic carbocycles. The van der Waals surface area contributed by atoms with Crippen LogP contribution in [0.4, 0.5) is 9.80 Å². The van der Waals surface area contributed by atoms with Gasteiger partial charge in [-0.1, -0.05) is 55.0 Å². The molecule has 152 valence electrons. The van der Waals surface area contributed by atoms with Crippen molar-refractivity contribution in [2.75, 3.05) is 11.9 Å². The molecule has 1 aromatic heterocycles. The number of hydrogen-bond acceptors (Lipinski definition) is 5. The van der Waals surface area contributed by atoms with E-state index >= 15 is 0 Å². The van der Waals surface area contributed by atoms with E-state index in [0.717, 1.165) is 53.0 Å². The molecule has 2 N–H and O–H groups in total. The SMILES string of the molecule is O=C(Nc1snc(C2CCC2)c1C(=O)O)OCC1c2ccccc2-c2ccccc21. The smallest absolute Gasteiger partial charge is 0.412 e. The molecule has 0 spiro atoms. The van der Waals surface area contributed by atoms with Gasteiger partial charge in [-0.2, -0.15) is 4.37 Å². The first-order chi connectivity index (χ1) is 14.6. The maximum Gasteiger partial charge on any atom is 0.412 e. The number of carboxylic acids is 1. The Morgan fingerprint density at radius 3 is 2.27 bits per heavy atom. The predicted molar refractivity (Wildman–Crippen MR) is 114 cm³/mol. The van der Waals surface area contributed by atoms with Crippen LogP contribution < -0.4 is 5.32 Å². The zero-order valence-electron chi connectivity index (χ0n) is 16.1. The molecule has 2 aliphatic carbocycles. The van der Waals surface area contributed by atoms with Crippen LogP contribution in [0.1, 0.15) is 58.3 Å². The average molecular weight is 420 g/mol. The molecular weight excluding hydrogens is 400 g/mol. The number of amides is 1. The molecular formula is C23H20N2O4S. The van der Waals surface area contributed by atoms with Crippen molar-refractivity contribution in [2.24, 2.45) is 0 Å². The Balaban J connectivity index is 1.32. The third-order valence-electron chi connectivity index (χ3n) is 5.98. The van der Waals surface area contributed by atoms with Gasteiger partial charge in [-0.3, -0.25) is 5.32 Å². The number of nitrogens with one attached hydrogen (secondary N) is 1. The zero-order valence-corrected chi connectivity index (χ0v) is 16.9. The molecule has 0 aliphatic heterocycles. The third-order valence-corrected chi connectivity index (χ3v) is 6.76.